The van der Waals surface area contributed by atoms with Crippen LogP contribution in [0.15, 0.2) is 54.0 Å². The Morgan fingerprint density at radius 3 is 2.65 bits per heavy atom. The number of amides is 1. The standard InChI is InChI=1S/C20H20ClN3OS/c1-14-24-18(13-26-14)9-11-23-20(25)19(12-17-4-2-3-10-22-17)15-5-7-16(21)8-6-15/h2-8,10,13,19H,9,11-12H2,1H3,(H,23,25). The summed E-state index contributed by atoms with van der Waals surface area (Å²) >= 11 is 7.62. The average molecular weight is 386 g/mol. The molecule has 1 atom stereocenters. The number of nitrogens with zero attached hydrogens (tertiary/aromatic N) is 2. The second-order valence-corrected chi connectivity index (χ2v) is 7.53. The molecule has 0 spiro atoms. The molecule has 0 aliphatic heterocycles. The van der Waals surface area contributed by atoms with E-state index in [1.807, 2.05) is 54.8 Å². The fourth-order valence-electron chi connectivity index (χ4n) is 2.75. The summed E-state index contributed by atoms with van der Waals surface area (Å²) < 4.78 is 0. The number of pyridine rings is 1. The van der Waals surface area contributed by atoms with Gasteiger partial charge in [0.1, 0.15) is 0 Å². The van der Waals surface area contributed by atoms with Crippen LogP contribution >= 0.6 is 22.9 Å². The third-order valence-corrected chi connectivity index (χ3v) is 5.15. The Morgan fingerprint density at radius 2 is 2.00 bits per heavy atom. The third-order valence-electron chi connectivity index (χ3n) is 4.08. The van der Waals surface area contributed by atoms with E-state index >= 15 is 0 Å². The highest BCUT2D eigenvalue weighted by Crippen LogP contribution is 2.22. The molecule has 2 heterocycles. The van der Waals surface area contributed by atoms with Crippen LogP contribution < -0.4 is 5.32 Å². The summed E-state index contributed by atoms with van der Waals surface area (Å²) in [5.74, 6) is -0.315. The number of thiazole rings is 1. The minimum absolute atomic E-state index is 0.00933. The minimum atomic E-state index is -0.306. The number of hydrogen-bond donors (Lipinski definition) is 1. The van der Waals surface area contributed by atoms with Gasteiger partial charge in [0.25, 0.3) is 0 Å². The molecular formula is C20H20ClN3OS. The first-order chi connectivity index (χ1) is 12.6. The highest BCUT2D eigenvalue weighted by Gasteiger charge is 2.21. The van der Waals surface area contributed by atoms with Crippen molar-refractivity contribution in [2.75, 3.05) is 6.54 Å². The van der Waals surface area contributed by atoms with Crippen LogP contribution in [0.25, 0.3) is 0 Å². The van der Waals surface area contributed by atoms with Crippen LogP contribution in [0.5, 0.6) is 0 Å². The average Bonchev–Trinajstić information content (AvgIpc) is 3.06. The van der Waals surface area contributed by atoms with Gasteiger partial charge in [0.2, 0.25) is 5.91 Å². The van der Waals surface area contributed by atoms with Crippen molar-refractivity contribution in [1.29, 1.82) is 0 Å². The van der Waals surface area contributed by atoms with Crippen LogP contribution in [0.3, 0.4) is 0 Å². The zero-order chi connectivity index (χ0) is 18.4. The summed E-state index contributed by atoms with van der Waals surface area (Å²) in [6.07, 6.45) is 3.02. The van der Waals surface area contributed by atoms with E-state index in [9.17, 15) is 4.79 Å². The molecule has 1 aromatic carbocycles. The first kappa shape index (κ1) is 18.5. The number of aromatic nitrogens is 2. The van der Waals surface area contributed by atoms with Crippen LogP contribution in [-0.4, -0.2) is 22.4 Å². The lowest BCUT2D eigenvalue weighted by atomic mass is 9.93. The van der Waals surface area contributed by atoms with Crippen LogP contribution in [0.2, 0.25) is 5.02 Å². The number of hydrogen-bond acceptors (Lipinski definition) is 4. The van der Waals surface area contributed by atoms with Crippen LogP contribution in [0.1, 0.15) is 27.9 Å². The normalized spacial score (nSPS) is 11.9. The van der Waals surface area contributed by atoms with E-state index in [0.29, 0.717) is 18.0 Å². The fourth-order valence-corrected chi connectivity index (χ4v) is 3.52. The van der Waals surface area contributed by atoms with Crippen molar-refractivity contribution in [1.82, 2.24) is 15.3 Å². The lowest BCUT2D eigenvalue weighted by molar-refractivity contribution is -0.122. The number of halogens is 1. The molecule has 0 saturated carbocycles. The number of nitrogens with one attached hydrogen (secondary N) is 1. The molecule has 3 aromatic rings. The first-order valence-electron chi connectivity index (χ1n) is 8.46. The Bertz CT molecular complexity index is 849. The van der Waals surface area contributed by atoms with Crippen molar-refractivity contribution < 1.29 is 4.79 Å². The van der Waals surface area contributed by atoms with Gasteiger partial charge < -0.3 is 5.32 Å². The van der Waals surface area contributed by atoms with Crippen LogP contribution in [-0.2, 0) is 17.6 Å². The van der Waals surface area contributed by atoms with E-state index in [4.69, 9.17) is 11.6 Å². The molecule has 1 unspecified atom stereocenters. The molecule has 0 aliphatic rings. The first-order valence-corrected chi connectivity index (χ1v) is 9.71. The molecule has 0 bridgehead atoms. The Kier molecular flexibility index (Phi) is 6.36. The van der Waals surface area contributed by atoms with Crippen molar-refractivity contribution in [3.63, 3.8) is 0 Å². The van der Waals surface area contributed by atoms with Gasteiger partial charge in [-0.05, 0) is 36.8 Å². The van der Waals surface area contributed by atoms with E-state index in [1.165, 1.54) is 0 Å². The Morgan fingerprint density at radius 1 is 1.19 bits per heavy atom. The maximum absolute atomic E-state index is 12.8. The molecule has 0 aliphatic carbocycles. The smallest absolute Gasteiger partial charge is 0.227 e. The number of carbonyl (C=O) groups excluding carboxylic acids is 1. The van der Waals surface area contributed by atoms with Crippen molar-refractivity contribution in [2.24, 2.45) is 0 Å². The number of rotatable bonds is 7. The molecular weight excluding hydrogens is 366 g/mol. The van der Waals surface area contributed by atoms with Gasteiger partial charge in [-0.15, -0.1) is 11.3 Å². The summed E-state index contributed by atoms with van der Waals surface area (Å²) in [5, 5.41) is 6.77. The lowest BCUT2D eigenvalue weighted by Crippen LogP contribution is -2.32. The molecule has 0 fully saturated rings. The Labute approximate surface area is 162 Å². The van der Waals surface area contributed by atoms with Crippen LogP contribution in [0.4, 0.5) is 0 Å². The molecule has 4 nitrogen and oxygen atoms in total. The quantitative estimate of drug-likeness (QED) is 0.663. The van der Waals surface area contributed by atoms with E-state index < -0.39 is 0 Å². The maximum atomic E-state index is 12.8. The van der Waals surface area contributed by atoms with Crippen molar-refractivity contribution in [3.8, 4) is 0 Å². The predicted molar refractivity (Wildman–Crippen MR) is 106 cm³/mol. The van der Waals surface area contributed by atoms with Crippen LogP contribution in [0, 0.1) is 6.92 Å². The highest BCUT2D eigenvalue weighted by molar-refractivity contribution is 7.09. The van der Waals surface area contributed by atoms with Crippen molar-refractivity contribution >= 4 is 28.8 Å². The van der Waals surface area contributed by atoms with Gasteiger partial charge in [0.15, 0.2) is 0 Å². The Hall–Kier alpha value is -2.24. The summed E-state index contributed by atoms with van der Waals surface area (Å²) in [4.78, 5) is 21.6. The van der Waals surface area contributed by atoms with Gasteiger partial charge in [-0.3, -0.25) is 9.78 Å². The third kappa shape index (κ3) is 5.13. The van der Waals surface area contributed by atoms with Gasteiger partial charge in [-0.25, -0.2) is 4.98 Å². The molecule has 2 aromatic heterocycles. The second-order valence-electron chi connectivity index (χ2n) is 6.03. The largest absolute Gasteiger partial charge is 0.355 e. The monoisotopic (exact) mass is 385 g/mol. The summed E-state index contributed by atoms with van der Waals surface area (Å²) in [6, 6.07) is 13.2. The van der Waals surface area contributed by atoms with E-state index in [-0.39, 0.29) is 11.8 Å². The van der Waals surface area contributed by atoms with Gasteiger partial charge in [0, 0.05) is 41.7 Å². The van der Waals surface area contributed by atoms with Gasteiger partial charge in [0.05, 0.1) is 16.6 Å². The van der Waals surface area contributed by atoms with E-state index in [0.717, 1.165) is 28.4 Å². The lowest BCUT2D eigenvalue weighted by Gasteiger charge is -2.17. The highest BCUT2D eigenvalue weighted by atomic mass is 35.5. The molecule has 0 radical (unpaired) electrons. The predicted octanol–water partition coefficient (Wildman–Crippen LogP) is 4.19. The van der Waals surface area contributed by atoms with Gasteiger partial charge in [-0.2, -0.15) is 0 Å². The van der Waals surface area contributed by atoms with Crippen molar-refractivity contribution in [2.45, 2.75) is 25.7 Å². The van der Waals surface area contributed by atoms with Gasteiger partial charge in [-0.1, -0.05) is 29.8 Å². The molecule has 0 saturated heterocycles. The topological polar surface area (TPSA) is 54.9 Å². The maximum Gasteiger partial charge on any atom is 0.227 e. The summed E-state index contributed by atoms with van der Waals surface area (Å²) in [6.45, 7) is 2.55. The zero-order valence-electron chi connectivity index (χ0n) is 14.5. The van der Waals surface area contributed by atoms with E-state index in [1.54, 1.807) is 17.5 Å². The molecule has 3 rings (SSSR count). The minimum Gasteiger partial charge on any atom is -0.355 e. The summed E-state index contributed by atoms with van der Waals surface area (Å²) in [7, 11) is 0. The van der Waals surface area contributed by atoms with E-state index in [2.05, 4.69) is 15.3 Å². The number of benzene rings is 1. The summed E-state index contributed by atoms with van der Waals surface area (Å²) in [5.41, 5.74) is 2.83. The van der Waals surface area contributed by atoms with Crippen molar-refractivity contribution in [3.05, 3.63) is 81.0 Å². The second kappa shape index (κ2) is 8.92. The fraction of sp³-hybridized carbons (Fsp3) is 0.250. The molecule has 134 valence electrons. The number of aryl methyl sites for hydroxylation is 1. The molecule has 1 N–H and O–H groups in total. The molecule has 1 amide bonds. The van der Waals surface area contributed by atoms with Gasteiger partial charge >= 0.3 is 0 Å². The molecule has 26 heavy (non-hydrogen) atoms. The molecule has 6 heteroatoms. The zero-order valence-corrected chi connectivity index (χ0v) is 16.1. The SMILES string of the molecule is Cc1nc(CCNC(=O)C(Cc2ccccn2)c2ccc(Cl)cc2)cs1. The Balaban J connectivity index is 1.69. The number of carbonyl (C=O) groups is 1.